The molecular formula is C25H29N5O2S. The quantitative estimate of drug-likeness (QED) is 0.616. The van der Waals surface area contributed by atoms with Crippen LogP contribution < -0.4 is 5.32 Å². The lowest BCUT2D eigenvalue weighted by atomic mass is 9.95. The van der Waals surface area contributed by atoms with Crippen molar-refractivity contribution < 1.29 is 9.59 Å². The number of rotatable bonds is 4. The van der Waals surface area contributed by atoms with E-state index in [1.807, 2.05) is 41.5 Å². The van der Waals surface area contributed by atoms with Crippen molar-refractivity contribution in [3.05, 3.63) is 52.0 Å². The SMILES string of the molecule is Cc1ccc(-c2nnc3n2CCCCC3)cc1NC(=O)C1CCN(C(=O)c2cccs2)CC1. The van der Waals surface area contributed by atoms with Crippen molar-refractivity contribution in [2.24, 2.45) is 5.92 Å². The first-order valence-electron chi connectivity index (χ1n) is 11.8. The fourth-order valence-corrected chi connectivity index (χ4v) is 5.42. The third kappa shape index (κ3) is 4.57. The van der Waals surface area contributed by atoms with E-state index in [-0.39, 0.29) is 17.7 Å². The van der Waals surface area contributed by atoms with E-state index in [1.54, 1.807) is 0 Å². The van der Waals surface area contributed by atoms with E-state index in [4.69, 9.17) is 0 Å². The maximum atomic E-state index is 13.1. The van der Waals surface area contributed by atoms with E-state index in [2.05, 4.69) is 26.1 Å². The molecule has 2 aliphatic rings. The molecule has 2 aliphatic heterocycles. The molecule has 0 radical (unpaired) electrons. The summed E-state index contributed by atoms with van der Waals surface area (Å²) in [6.45, 7) is 4.17. The minimum atomic E-state index is -0.0928. The molecule has 0 atom stereocenters. The number of hydrogen-bond donors (Lipinski definition) is 1. The minimum Gasteiger partial charge on any atom is -0.338 e. The number of hydrogen-bond acceptors (Lipinski definition) is 5. The highest BCUT2D eigenvalue weighted by molar-refractivity contribution is 7.12. The number of piperidine rings is 1. The van der Waals surface area contributed by atoms with Crippen LogP contribution in [0.2, 0.25) is 0 Å². The molecule has 0 saturated carbocycles. The van der Waals surface area contributed by atoms with Gasteiger partial charge in [-0.2, -0.15) is 0 Å². The highest BCUT2D eigenvalue weighted by atomic mass is 32.1. The molecule has 172 valence electrons. The zero-order valence-electron chi connectivity index (χ0n) is 18.9. The summed E-state index contributed by atoms with van der Waals surface area (Å²) in [7, 11) is 0. The van der Waals surface area contributed by atoms with Crippen molar-refractivity contribution in [3.8, 4) is 11.4 Å². The highest BCUT2D eigenvalue weighted by Gasteiger charge is 2.28. The van der Waals surface area contributed by atoms with Crippen LogP contribution >= 0.6 is 11.3 Å². The number of carbonyl (C=O) groups excluding carboxylic acids is 2. The Kier molecular flexibility index (Phi) is 6.26. The number of likely N-dealkylation sites (tertiary alicyclic amines) is 1. The van der Waals surface area contributed by atoms with E-state index < -0.39 is 0 Å². The van der Waals surface area contributed by atoms with Gasteiger partial charge in [-0.25, -0.2) is 0 Å². The van der Waals surface area contributed by atoms with Gasteiger partial charge in [0.2, 0.25) is 5.91 Å². The lowest BCUT2D eigenvalue weighted by Crippen LogP contribution is -2.41. The average molecular weight is 464 g/mol. The Morgan fingerprint density at radius 3 is 2.70 bits per heavy atom. The Balaban J connectivity index is 1.26. The van der Waals surface area contributed by atoms with Crippen molar-refractivity contribution in [1.82, 2.24) is 19.7 Å². The fourth-order valence-electron chi connectivity index (χ4n) is 4.73. The van der Waals surface area contributed by atoms with Gasteiger partial charge in [-0.1, -0.05) is 24.6 Å². The molecule has 0 bridgehead atoms. The summed E-state index contributed by atoms with van der Waals surface area (Å²) in [5.74, 6) is 1.93. The molecule has 2 amide bonds. The number of carbonyl (C=O) groups is 2. The molecule has 0 unspecified atom stereocenters. The first-order chi connectivity index (χ1) is 16.1. The van der Waals surface area contributed by atoms with E-state index in [0.717, 1.165) is 59.1 Å². The Morgan fingerprint density at radius 1 is 1.06 bits per heavy atom. The number of nitrogens with one attached hydrogen (secondary N) is 1. The first-order valence-corrected chi connectivity index (χ1v) is 12.6. The minimum absolute atomic E-state index is 0.0264. The van der Waals surface area contributed by atoms with Crippen LogP contribution in [0.25, 0.3) is 11.4 Å². The van der Waals surface area contributed by atoms with E-state index in [9.17, 15) is 9.59 Å². The molecule has 2 aromatic heterocycles. The second-order valence-corrected chi connectivity index (χ2v) is 9.91. The lowest BCUT2D eigenvalue weighted by molar-refractivity contribution is -0.121. The van der Waals surface area contributed by atoms with Gasteiger partial charge < -0.3 is 14.8 Å². The van der Waals surface area contributed by atoms with Crippen LogP contribution in [0.15, 0.2) is 35.7 Å². The monoisotopic (exact) mass is 463 g/mol. The molecule has 7 nitrogen and oxygen atoms in total. The van der Waals surface area contributed by atoms with Gasteiger partial charge in [-0.3, -0.25) is 9.59 Å². The molecule has 1 N–H and O–H groups in total. The largest absolute Gasteiger partial charge is 0.338 e. The lowest BCUT2D eigenvalue weighted by Gasteiger charge is -2.31. The molecule has 1 saturated heterocycles. The number of anilines is 1. The summed E-state index contributed by atoms with van der Waals surface area (Å²) in [5, 5.41) is 13.9. The maximum absolute atomic E-state index is 13.1. The van der Waals surface area contributed by atoms with E-state index in [0.29, 0.717) is 25.9 Å². The van der Waals surface area contributed by atoms with Gasteiger partial charge in [0.15, 0.2) is 5.82 Å². The maximum Gasteiger partial charge on any atom is 0.263 e. The van der Waals surface area contributed by atoms with Crippen LogP contribution in [0.5, 0.6) is 0 Å². The van der Waals surface area contributed by atoms with Crippen LogP contribution in [0.3, 0.4) is 0 Å². The molecule has 5 rings (SSSR count). The van der Waals surface area contributed by atoms with Crippen molar-refractivity contribution in [1.29, 1.82) is 0 Å². The fraction of sp³-hybridized carbons (Fsp3) is 0.440. The van der Waals surface area contributed by atoms with Crippen molar-refractivity contribution >= 4 is 28.8 Å². The summed E-state index contributed by atoms with van der Waals surface area (Å²) < 4.78 is 2.23. The zero-order valence-corrected chi connectivity index (χ0v) is 19.7. The topological polar surface area (TPSA) is 80.1 Å². The predicted octanol–water partition coefficient (Wildman–Crippen LogP) is 4.53. The van der Waals surface area contributed by atoms with Crippen LogP contribution in [0, 0.1) is 12.8 Å². The first kappa shape index (κ1) is 21.8. The number of amides is 2. The number of thiophene rings is 1. The zero-order chi connectivity index (χ0) is 22.8. The standard InChI is InChI=1S/C25H29N5O2S/c1-17-8-9-19(23-28-27-22-7-3-2-4-12-30(22)23)16-20(17)26-24(31)18-10-13-29(14-11-18)25(32)21-6-5-15-33-21/h5-6,8-9,15-16,18H,2-4,7,10-14H2,1H3,(H,26,31). The third-order valence-electron chi connectivity index (χ3n) is 6.75. The van der Waals surface area contributed by atoms with Gasteiger partial charge in [0.05, 0.1) is 4.88 Å². The summed E-state index contributed by atoms with van der Waals surface area (Å²) in [4.78, 5) is 28.2. The molecule has 0 spiro atoms. The van der Waals surface area contributed by atoms with Gasteiger partial charge in [0.25, 0.3) is 5.91 Å². The molecule has 1 fully saturated rings. The molecular weight excluding hydrogens is 434 g/mol. The average Bonchev–Trinajstić information content (AvgIpc) is 3.46. The van der Waals surface area contributed by atoms with Gasteiger partial charge >= 0.3 is 0 Å². The van der Waals surface area contributed by atoms with Gasteiger partial charge in [0, 0.05) is 43.2 Å². The van der Waals surface area contributed by atoms with Crippen molar-refractivity contribution in [2.45, 2.75) is 52.0 Å². The summed E-state index contributed by atoms with van der Waals surface area (Å²) in [5.41, 5.74) is 2.82. The second kappa shape index (κ2) is 9.47. The molecule has 4 heterocycles. The molecule has 3 aromatic rings. The number of aromatic nitrogens is 3. The predicted molar refractivity (Wildman–Crippen MR) is 129 cm³/mol. The van der Waals surface area contributed by atoms with Crippen molar-refractivity contribution in [3.63, 3.8) is 0 Å². The number of benzene rings is 1. The second-order valence-electron chi connectivity index (χ2n) is 8.96. The van der Waals surface area contributed by atoms with Crippen LogP contribution in [0.1, 0.15) is 53.2 Å². The van der Waals surface area contributed by atoms with Gasteiger partial charge in [-0.05, 0) is 55.7 Å². The normalized spacial score (nSPS) is 16.8. The Bertz CT molecular complexity index is 1150. The smallest absolute Gasteiger partial charge is 0.263 e. The molecule has 8 heteroatoms. The van der Waals surface area contributed by atoms with Crippen LogP contribution in [-0.2, 0) is 17.8 Å². The van der Waals surface area contributed by atoms with Gasteiger partial charge in [0.1, 0.15) is 5.82 Å². The third-order valence-corrected chi connectivity index (χ3v) is 7.61. The number of nitrogens with zero attached hydrogens (tertiary/aromatic N) is 4. The highest BCUT2D eigenvalue weighted by Crippen LogP contribution is 2.28. The summed E-state index contributed by atoms with van der Waals surface area (Å²) >= 11 is 1.46. The van der Waals surface area contributed by atoms with Gasteiger partial charge in [-0.15, -0.1) is 21.5 Å². The number of fused-ring (bicyclic) bond motifs is 1. The van der Waals surface area contributed by atoms with E-state index in [1.165, 1.54) is 17.8 Å². The Morgan fingerprint density at radius 2 is 1.91 bits per heavy atom. The van der Waals surface area contributed by atoms with Crippen LogP contribution in [-0.4, -0.2) is 44.6 Å². The van der Waals surface area contributed by atoms with E-state index >= 15 is 0 Å². The van der Waals surface area contributed by atoms with Crippen molar-refractivity contribution in [2.75, 3.05) is 18.4 Å². The molecule has 1 aromatic carbocycles. The Labute approximate surface area is 197 Å². The molecule has 0 aliphatic carbocycles. The number of aryl methyl sites for hydroxylation is 2. The van der Waals surface area contributed by atoms with Crippen LogP contribution in [0.4, 0.5) is 5.69 Å². The molecule has 33 heavy (non-hydrogen) atoms. The summed E-state index contributed by atoms with van der Waals surface area (Å²) in [6.07, 6.45) is 5.84. The Hall–Kier alpha value is -3.00. The summed E-state index contributed by atoms with van der Waals surface area (Å²) in [6, 6.07) is 9.86.